The average molecular weight is 220 g/mol. The number of aliphatic hydroxyl groups excluding tert-OH is 1. The first kappa shape index (κ1) is 12.9. The molecule has 0 aliphatic rings. The zero-order chi connectivity index (χ0) is 12.0. The summed E-state index contributed by atoms with van der Waals surface area (Å²) >= 11 is 0. The minimum atomic E-state index is -0.810. The molecule has 1 atom stereocenters. The lowest BCUT2D eigenvalue weighted by molar-refractivity contribution is -0.129. The number of benzene rings is 1. The lowest BCUT2D eigenvalue weighted by Crippen LogP contribution is -2.30. The third kappa shape index (κ3) is 3.46. The van der Waals surface area contributed by atoms with Gasteiger partial charge < -0.3 is 5.11 Å². The van der Waals surface area contributed by atoms with E-state index < -0.39 is 6.10 Å². The highest BCUT2D eigenvalue weighted by atomic mass is 16.3. The second kappa shape index (κ2) is 6.44. The van der Waals surface area contributed by atoms with Crippen molar-refractivity contribution in [3.05, 3.63) is 35.9 Å². The molecule has 2 heteroatoms. The fourth-order valence-electron chi connectivity index (χ4n) is 1.90. The molecule has 1 aromatic carbocycles. The van der Waals surface area contributed by atoms with Gasteiger partial charge in [-0.2, -0.15) is 0 Å². The van der Waals surface area contributed by atoms with E-state index in [0.29, 0.717) is 6.42 Å². The van der Waals surface area contributed by atoms with Crippen LogP contribution in [-0.4, -0.2) is 17.0 Å². The minimum absolute atomic E-state index is 0.0695. The van der Waals surface area contributed by atoms with E-state index in [2.05, 4.69) is 0 Å². The fourth-order valence-corrected chi connectivity index (χ4v) is 1.90. The quantitative estimate of drug-likeness (QED) is 0.800. The molecule has 0 saturated heterocycles. The monoisotopic (exact) mass is 220 g/mol. The molecular formula is C14H20O2. The van der Waals surface area contributed by atoms with Crippen LogP contribution in [0.3, 0.4) is 0 Å². The lowest BCUT2D eigenvalue weighted by atomic mass is 9.91. The van der Waals surface area contributed by atoms with E-state index in [1.165, 1.54) is 0 Å². The van der Waals surface area contributed by atoms with Gasteiger partial charge in [0.25, 0.3) is 0 Å². The van der Waals surface area contributed by atoms with Gasteiger partial charge in [-0.25, -0.2) is 0 Å². The molecular weight excluding hydrogens is 200 g/mol. The first-order chi connectivity index (χ1) is 7.69. The Balaban J connectivity index is 2.58. The highest BCUT2D eigenvalue weighted by Gasteiger charge is 2.22. The molecule has 2 nitrogen and oxygen atoms in total. The van der Waals surface area contributed by atoms with Crippen LogP contribution in [0.5, 0.6) is 0 Å². The predicted molar refractivity (Wildman–Crippen MR) is 65.2 cm³/mol. The molecule has 0 heterocycles. The molecule has 0 amide bonds. The number of hydrogen-bond donors (Lipinski definition) is 1. The summed E-state index contributed by atoms with van der Waals surface area (Å²) in [5, 5.41) is 9.89. The van der Waals surface area contributed by atoms with Crippen molar-refractivity contribution in [2.45, 2.75) is 39.2 Å². The van der Waals surface area contributed by atoms with Crippen LogP contribution in [0.25, 0.3) is 0 Å². The van der Waals surface area contributed by atoms with Crippen molar-refractivity contribution >= 4 is 5.78 Å². The number of ketones is 1. The number of carbonyl (C=O) groups is 1. The van der Waals surface area contributed by atoms with Crippen molar-refractivity contribution in [1.29, 1.82) is 0 Å². The second-order valence-electron chi connectivity index (χ2n) is 4.15. The number of aliphatic hydroxyl groups is 1. The predicted octanol–water partition coefficient (Wildman–Crippen LogP) is 2.60. The molecule has 0 aliphatic heterocycles. The van der Waals surface area contributed by atoms with Gasteiger partial charge in [-0.3, -0.25) is 4.79 Å². The first-order valence-electron chi connectivity index (χ1n) is 5.93. The van der Waals surface area contributed by atoms with Crippen molar-refractivity contribution in [3.8, 4) is 0 Å². The molecule has 88 valence electrons. The molecule has 0 saturated carbocycles. The normalized spacial score (nSPS) is 12.8. The van der Waals surface area contributed by atoms with Crippen LogP contribution in [0.2, 0.25) is 0 Å². The largest absolute Gasteiger partial charge is 0.385 e. The zero-order valence-electron chi connectivity index (χ0n) is 10.0. The zero-order valence-corrected chi connectivity index (χ0v) is 10.0. The Hall–Kier alpha value is -1.15. The lowest BCUT2D eigenvalue weighted by Gasteiger charge is -2.18. The van der Waals surface area contributed by atoms with Crippen LogP contribution in [0.4, 0.5) is 0 Å². The minimum Gasteiger partial charge on any atom is -0.385 e. The van der Waals surface area contributed by atoms with Gasteiger partial charge in [0.2, 0.25) is 0 Å². The van der Waals surface area contributed by atoms with Crippen LogP contribution >= 0.6 is 0 Å². The molecule has 1 rings (SSSR count). The van der Waals surface area contributed by atoms with E-state index in [-0.39, 0.29) is 11.7 Å². The van der Waals surface area contributed by atoms with Gasteiger partial charge in [0.15, 0.2) is 5.78 Å². The summed E-state index contributed by atoms with van der Waals surface area (Å²) in [5.41, 5.74) is 0.970. The average Bonchev–Trinajstić information content (AvgIpc) is 2.31. The summed E-state index contributed by atoms with van der Waals surface area (Å²) in [6, 6.07) is 9.57. The maximum Gasteiger partial charge on any atom is 0.165 e. The van der Waals surface area contributed by atoms with Crippen molar-refractivity contribution in [2.75, 3.05) is 0 Å². The summed E-state index contributed by atoms with van der Waals surface area (Å²) in [6.07, 6.45) is 1.21. The summed E-state index contributed by atoms with van der Waals surface area (Å²) < 4.78 is 0. The molecule has 0 aromatic heterocycles. The molecule has 0 spiro atoms. The maximum atomic E-state index is 11.8. The standard InChI is InChI=1S/C14H20O2/c1-3-12(4-2)14(16)13(15)10-11-8-6-5-7-9-11/h5-9,12,14,16H,3-4,10H2,1-2H3. The highest BCUT2D eigenvalue weighted by molar-refractivity contribution is 5.85. The van der Waals surface area contributed by atoms with Gasteiger partial charge >= 0.3 is 0 Å². The van der Waals surface area contributed by atoms with E-state index in [1.54, 1.807) is 0 Å². The van der Waals surface area contributed by atoms with Gasteiger partial charge in [-0.15, -0.1) is 0 Å². The number of hydrogen-bond acceptors (Lipinski definition) is 2. The van der Waals surface area contributed by atoms with Crippen molar-refractivity contribution < 1.29 is 9.90 Å². The van der Waals surface area contributed by atoms with Gasteiger partial charge in [-0.1, -0.05) is 57.0 Å². The molecule has 1 N–H and O–H groups in total. The summed E-state index contributed by atoms with van der Waals surface area (Å²) in [6.45, 7) is 4.01. The smallest absolute Gasteiger partial charge is 0.165 e. The Morgan fingerprint density at radius 2 is 1.75 bits per heavy atom. The van der Waals surface area contributed by atoms with Crippen LogP contribution in [0.1, 0.15) is 32.3 Å². The first-order valence-corrected chi connectivity index (χ1v) is 5.93. The highest BCUT2D eigenvalue weighted by Crippen LogP contribution is 2.15. The summed E-state index contributed by atoms with van der Waals surface area (Å²) in [4.78, 5) is 11.8. The third-order valence-electron chi connectivity index (χ3n) is 3.05. The molecule has 0 bridgehead atoms. The van der Waals surface area contributed by atoms with E-state index >= 15 is 0 Å². The molecule has 16 heavy (non-hydrogen) atoms. The van der Waals surface area contributed by atoms with E-state index in [4.69, 9.17) is 0 Å². The van der Waals surface area contributed by atoms with Crippen molar-refractivity contribution in [1.82, 2.24) is 0 Å². The Morgan fingerprint density at radius 1 is 1.19 bits per heavy atom. The van der Waals surface area contributed by atoms with E-state index in [1.807, 2.05) is 44.2 Å². The number of carbonyl (C=O) groups excluding carboxylic acids is 1. The third-order valence-corrected chi connectivity index (χ3v) is 3.05. The number of rotatable bonds is 6. The topological polar surface area (TPSA) is 37.3 Å². The second-order valence-corrected chi connectivity index (χ2v) is 4.15. The van der Waals surface area contributed by atoms with Gasteiger partial charge in [0.05, 0.1) is 0 Å². The molecule has 1 aromatic rings. The fraction of sp³-hybridized carbons (Fsp3) is 0.500. The number of Topliss-reactive ketones (excluding diaryl/α,β-unsaturated/α-hetero) is 1. The Labute approximate surface area is 97.3 Å². The van der Waals surface area contributed by atoms with Gasteiger partial charge in [-0.05, 0) is 11.5 Å². The molecule has 0 fully saturated rings. The molecule has 0 aliphatic carbocycles. The summed E-state index contributed by atoms with van der Waals surface area (Å²) in [7, 11) is 0. The van der Waals surface area contributed by atoms with Gasteiger partial charge in [0.1, 0.15) is 6.10 Å². The maximum absolute atomic E-state index is 11.8. The van der Waals surface area contributed by atoms with E-state index in [9.17, 15) is 9.90 Å². The van der Waals surface area contributed by atoms with Gasteiger partial charge in [0, 0.05) is 6.42 Å². The van der Waals surface area contributed by atoms with Crippen molar-refractivity contribution in [3.63, 3.8) is 0 Å². The SMILES string of the molecule is CCC(CC)C(O)C(=O)Cc1ccccc1. The Bertz CT molecular complexity index is 315. The van der Waals surface area contributed by atoms with Crippen LogP contribution in [-0.2, 0) is 11.2 Å². The summed E-state index contributed by atoms with van der Waals surface area (Å²) in [5.74, 6) is 0.0242. The van der Waals surface area contributed by atoms with E-state index in [0.717, 1.165) is 18.4 Å². The van der Waals surface area contributed by atoms with Crippen LogP contribution in [0, 0.1) is 5.92 Å². The van der Waals surface area contributed by atoms with Crippen molar-refractivity contribution in [2.24, 2.45) is 5.92 Å². The molecule has 0 radical (unpaired) electrons. The Kier molecular flexibility index (Phi) is 5.20. The van der Waals surface area contributed by atoms with Crippen LogP contribution in [0.15, 0.2) is 30.3 Å². The Morgan fingerprint density at radius 3 is 2.25 bits per heavy atom. The molecule has 1 unspecified atom stereocenters. The van der Waals surface area contributed by atoms with Crippen LogP contribution < -0.4 is 0 Å².